The normalized spacial score (nSPS) is 20.6. The predicted molar refractivity (Wildman–Crippen MR) is 136 cm³/mol. The number of carbonyl (C=O) groups excluding carboxylic acids is 1. The summed E-state index contributed by atoms with van der Waals surface area (Å²) in [6.45, 7) is 4.21. The van der Waals surface area contributed by atoms with Crippen molar-refractivity contribution in [1.82, 2.24) is 19.8 Å². The van der Waals surface area contributed by atoms with E-state index < -0.39 is 0 Å². The third-order valence-electron chi connectivity index (χ3n) is 7.19. The van der Waals surface area contributed by atoms with E-state index in [1.54, 1.807) is 0 Å². The van der Waals surface area contributed by atoms with Gasteiger partial charge in [0, 0.05) is 23.6 Å². The molecule has 0 amide bonds. The van der Waals surface area contributed by atoms with Crippen LogP contribution in [0, 0.1) is 13.8 Å². The number of benzene rings is 1. The second-order valence-electron chi connectivity index (χ2n) is 9.14. The molecule has 3 heterocycles. The fourth-order valence-corrected chi connectivity index (χ4v) is 6.07. The minimum Gasteiger partial charge on any atom is -0.465 e. The number of thiocarbonyl (C=S) groups is 1. The molecule has 2 aromatic heterocycles. The molecule has 1 aliphatic carbocycles. The number of hydrogen-bond donors (Lipinski definition) is 1. The van der Waals surface area contributed by atoms with Gasteiger partial charge in [-0.3, -0.25) is 4.98 Å². The quantitative estimate of drug-likeness (QED) is 0.406. The fourth-order valence-electron chi connectivity index (χ4n) is 5.68. The zero-order valence-corrected chi connectivity index (χ0v) is 20.6. The van der Waals surface area contributed by atoms with Crippen molar-refractivity contribution in [1.29, 1.82) is 0 Å². The van der Waals surface area contributed by atoms with E-state index in [0.717, 1.165) is 40.7 Å². The molecule has 34 heavy (non-hydrogen) atoms. The van der Waals surface area contributed by atoms with Crippen LogP contribution in [0.15, 0.2) is 54.7 Å². The Morgan fingerprint density at radius 1 is 1.12 bits per heavy atom. The summed E-state index contributed by atoms with van der Waals surface area (Å²) in [7, 11) is 1.42. The topological polar surface area (TPSA) is 59.4 Å². The van der Waals surface area contributed by atoms with Crippen molar-refractivity contribution in [2.45, 2.75) is 57.7 Å². The number of nitrogens with zero attached hydrogens (tertiary/aromatic N) is 3. The summed E-state index contributed by atoms with van der Waals surface area (Å²) in [4.78, 5) is 19.6. The average Bonchev–Trinajstić information content (AvgIpc) is 3.57. The molecule has 176 valence electrons. The molecule has 1 saturated heterocycles. The molecule has 0 bridgehead atoms. The Kier molecular flexibility index (Phi) is 6.13. The van der Waals surface area contributed by atoms with Crippen molar-refractivity contribution in [3.05, 3.63) is 82.9 Å². The van der Waals surface area contributed by atoms with Gasteiger partial charge in [-0.25, -0.2) is 4.79 Å². The van der Waals surface area contributed by atoms with Crippen LogP contribution in [0.5, 0.6) is 0 Å². The first kappa shape index (κ1) is 22.6. The molecule has 5 rings (SSSR count). The summed E-state index contributed by atoms with van der Waals surface area (Å²) < 4.78 is 7.22. The first-order chi connectivity index (χ1) is 16.5. The van der Waals surface area contributed by atoms with Gasteiger partial charge in [0.05, 0.1) is 36.1 Å². The van der Waals surface area contributed by atoms with Crippen molar-refractivity contribution in [2.75, 3.05) is 7.11 Å². The molecule has 1 aromatic carbocycles. The van der Waals surface area contributed by atoms with E-state index in [0.29, 0.717) is 11.6 Å². The Labute approximate surface area is 205 Å². The van der Waals surface area contributed by atoms with Gasteiger partial charge in [0.25, 0.3) is 0 Å². The molecule has 2 aliphatic rings. The molecule has 0 radical (unpaired) electrons. The van der Waals surface area contributed by atoms with Gasteiger partial charge in [0.15, 0.2) is 5.11 Å². The maximum Gasteiger partial charge on any atom is 0.339 e. The molecule has 1 saturated carbocycles. The Morgan fingerprint density at radius 2 is 1.85 bits per heavy atom. The van der Waals surface area contributed by atoms with Crippen LogP contribution in [-0.4, -0.2) is 38.7 Å². The van der Waals surface area contributed by atoms with Gasteiger partial charge in [0.1, 0.15) is 0 Å². The van der Waals surface area contributed by atoms with Crippen LogP contribution in [0.3, 0.4) is 0 Å². The second-order valence-corrected chi connectivity index (χ2v) is 9.53. The van der Waals surface area contributed by atoms with E-state index in [4.69, 9.17) is 17.0 Å². The maximum atomic E-state index is 12.5. The average molecular weight is 475 g/mol. The summed E-state index contributed by atoms with van der Waals surface area (Å²) in [6, 6.07) is 16.3. The molecule has 0 spiro atoms. The van der Waals surface area contributed by atoms with Crippen LogP contribution in [0.1, 0.15) is 70.8 Å². The minimum absolute atomic E-state index is 0.0238. The molecule has 6 nitrogen and oxygen atoms in total. The number of para-hydroxylation sites is 1. The van der Waals surface area contributed by atoms with Crippen molar-refractivity contribution in [2.24, 2.45) is 0 Å². The number of hydrogen-bond acceptors (Lipinski definition) is 4. The minimum atomic E-state index is -0.340. The molecule has 1 aliphatic heterocycles. The van der Waals surface area contributed by atoms with E-state index in [1.165, 1.54) is 25.5 Å². The van der Waals surface area contributed by atoms with E-state index in [1.807, 2.05) is 42.6 Å². The number of ether oxygens (including phenoxy) is 1. The smallest absolute Gasteiger partial charge is 0.339 e. The van der Waals surface area contributed by atoms with Crippen molar-refractivity contribution in [3.8, 4) is 5.69 Å². The molecule has 2 atom stereocenters. The highest BCUT2D eigenvalue weighted by Crippen LogP contribution is 2.44. The lowest BCUT2D eigenvalue weighted by molar-refractivity contribution is 0.0600. The Hall–Kier alpha value is -3.19. The lowest BCUT2D eigenvalue weighted by Crippen LogP contribution is -2.37. The first-order valence-corrected chi connectivity index (χ1v) is 12.3. The number of aryl methyl sites for hydroxylation is 1. The SMILES string of the molecule is COC(=O)c1ccccc1-n1c(C)cc([C@H]2[C@H](c3ccccn3)NC(=S)N2C2CCCC2)c1C. The molecule has 1 N–H and O–H groups in total. The van der Waals surface area contributed by atoms with E-state index >= 15 is 0 Å². The van der Waals surface area contributed by atoms with E-state index in [-0.39, 0.29) is 18.1 Å². The Bertz CT molecular complexity index is 1220. The van der Waals surface area contributed by atoms with Crippen molar-refractivity contribution >= 4 is 23.3 Å². The summed E-state index contributed by atoms with van der Waals surface area (Å²) in [5, 5.41) is 4.39. The maximum absolute atomic E-state index is 12.5. The zero-order chi connectivity index (χ0) is 23.8. The number of aromatic nitrogens is 2. The van der Waals surface area contributed by atoms with Crippen LogP contribution in [-0.2, 0) is 4.74 Å². The molecule has 0 unspecified atom stereocenters. The highest BCUT2D eigenvalue weighted by Gasteiger charge is 2.44. The molecule has 2 fully saturated rings. The van der Waals surface area contributed by atoms with Crippen molar-refractivity contribution < 1.29 is 9.53 Å². The largest absolute Gasteiger partial charge is 0.465 e. The summed E-state index contributed by atoms with van der Waals surface area (Å²) >= 11 is 5.90. The Balaban J connectivity index is 1.65. The van der Waals surface area contributed by atoms with E-state index in [9.17, 15) is 4.79 Å². The van der Waals surface area contributed by atoms with Crippen LogP contribution in [0.2, 0.25) is 0 Å². The third kappa shape index (κ3) is 3.78. The highest BCUT2D eigenvalue weighted by molar-refractivity contribution is 7.80. The second kappa shape index (κ2) is 9.22. The Morgan fingerprint density at radius 3 is 2.56 bits per heavy atom. The number of esters is 1. The lowest BCUT2D eigenvalue weighted by atomic mass is 9.95. The molecular weight excluding hydrogens is 444 g/mol. The number of rotatable bonds is 5. The molecule has 7 heteroatoms. The molecular formula is C27H30N4O2S. The van der Waals surface area contributed by atoms with Gasteiger partial charge in [-0.15, -0.1) is 0 Å². The van der Waals surface area contributed by atoms with Gasteiger partial charge < -0.3 is 19.5 Å². The lowest BCUT2D eigenvalue weighted by Gasteiger charge is -2.33. The summed E-state index contributed by atoms with van der Waals surface area (Å²) in [5.41, 5.74) is 5.71. The van der Waals surface area contributed by atoms with Crippen LogP contribution < -0.4 is 5.32 Å². The fraction of sp³-hybridized carbons (Fsp3) is 0.370. The first-order valence-electron chi connectivity index (χ1n) is 11.9. The zero-order valence-electron chi connectivity index (χ0n) is 19.8. The van der Waals surface area contributed by atoms with Gasteiger partial charge in [-0.05, 0) is 74.8 Å². The standard InChI is InChI=1S/C27H30N4O2S/c1-17-16-21(18(2)30(17)23-14-7-6-12-20(23)26(32)33-3)25-24(22-13-8-9-15-28-22)29-27(34)31(25)19-10-4-5-11-19/h6-9,12-16,19,24-25H,4-5,10-11H2,1-3H3,(H,29,34)/t24-,25-/m0/s1. The van der Waals surface area contributed by atoms with Crippen LogP contribution >= 0.6 is 12.2 Å². The van der Waals surface area contributed by atoms with Gasteiger partial charge in [-0.2, -0.15) is 0 Å². The van der Waals surface area contributed by atoms with Crippen LogP contribution in [0.25, 0.3) is 5.69 Å². The number of pyridine rings is 1. The summed E-state index contributed by atoms with van der Waals surface area (Å²) in [6.07, 6.45) is 6.60. The van der Waals surface area contributed by atoms with Crippen LogP contribution in [0.4, 0.5) is 0 Å². The van der Waals surface area contributed by atoms with Gasteiger partial charge in [-0.1, -0.05) is 31.0 Å². The monoisotopic (exact) mass is 474 g/mol. The summed E-state index contributed by atoms with van der Waals surface area (Å²) in [5.74, 6) is -0.340. The van der Waals surface area contributed by atoms with Gasteiger partial charge >= 0.3 is 5.97 Å². The third-order valence-corrected chi connectivity index (χ3v) is 7.52. The number of carbonyl (C=O) groups is 1. The predicted octanol–water partition coefficient (Wildman–Crippen LogP) is 5.19. The number of nitrogens with one attached hydrogen (secondary N) is 1. The van der Waals surface area contributed by atoms with Crippen molar-refractivity contribution in [3.63, 3.8) is 0 Å². The highest BCUT2D eigenvalue weighted by atomic mass is 32.1. The number of methoxy groups -OCH3 is 1. The molecule has 3 aromatic rings. The van der Waals surface area contributed by atoms with Gasteiger partial charge in [0.2, 0.25) is 0 Å². The van der Waals surface area contributed by atoms with E-state index in [2.05, 4.69) is 45.7 Å².